The zero-order chi connectivity index (χ0) is 23.8. The first-order valence-electron chi connectivity index (χ1n) is 9.01. The van der Waals surface area contributed by atoms with Crippen LogP contribution in [0, 0.1) is 20.2 Å². The van der Waals surface area contributed by atoms with Crippen molar-refractivity contribution >= 4 is 49.2 Å². The number of carbonyl (C=O) groups excluding carboxylic acids is 1. The van der Waals surface area contributed by atoms with Crippen LogP contribution in [0.3, 0.4) is 0 Å². The molecule has 11 nitrogen and oxygen atoms in total. The number of carbonyl (C=O) groups is 1. The summed E-state index contributed by atoms with van der Waals surface area (Å²) >= 11 is 6.19. The van der Waals surface area contributed by atoms with Crippen LogP contribution in [0.1, 0.15) is 27.0 Å². The van der Waals surface area contributed by atoms with E-state index in [-0.39, 0.29) is 102 Å². The Morgan fingerprint density at radius 2 is 1.29 bits per heavy atom. The maximum absolute atomic E-state index is 12.8. The standard InChI is InChI=1S/C20H8Br2N2O9.2Na/c21-13-15(25)11(23(28)29)5-9-17(13)32-18-10(6-12(24(30)31)16(26)14(18)22)20(9)8-4-2-1-3-7(8)19(27)33-20;;/h1-6,25-26H;;/q;2*+1. The third-order valence-electron chi connectivity index (χ3n) is 5.48. The summed E-state index contributed by atoms with van der Waals surface area (Å²) in [6.45, 7) is 0. The molecule has 35 heavy (non-hydrogen) atoms. The van der Waals surface area contributed by atoms with Crippen molar-refractivity contribution in [2.24, 2.45) is 0 Å². The number of esters is 1. The van der Waals surface area contributed by atoms with E-state index in [2.05, 4.69) is 31.9 Å². The van der Waals surface area contributed by atoms with Crippen LogP contribution in [0.25, 0.3) is 0 Å². The van der Waals surface area contributed by atoms with E-state index in [9.17, 15) is 35.2 Å². The minimum Gasteiger partial charge on any atom is -0.501 e. The third-order valence-corrected chi connectivity index (χ3v) is 6.95. The molecule has 0 amide bonds. The fourth-order valence-electron chi connectivity index (χ4n) is 4.08. The van der Waals surface area contributed by atoms with E-state index in [1.54, 1.807) is 12.1 Å². The van der Waals surface area contributed by atoms with Crippen molar-refractivity contribution in [1.29, 1.82) is 0 Å². The molecule has 0 saturated heterocycles. The summed E-state index contributed by atoms with van der Waals surface area (Å²) in [5, 5.41) is 43.9. The van der Waals surface area contributed by atoms with Gasteiger partial charge >= 0.3 is 76.5 Å². The van der Waals surface area contributed by atoms with E-state index in [0.717, 1.165) is 12.1 Å². The predicted octanol–water partition coefficient (Wildman–Crippen LogP) is -0.985. The monoisotopic (exact) mass is 624 g/mol. The van der Waals surface area contributed by atoms with Crippen LogP contribution >= 0.6 is 31.9 Å². The van der Waals surface area contributed by atoms with E-state index < -0.39 is 44.3 Å². The summed E-state index contributed by atoms with van der Waals surface area (Å²) in [5.41, 5.74) is -3.03. The molecule has 0 fully saturated rings. The van der Waals surface area contributed by atoms with Crippen molar-refractivity contribution in [3.63, 3.8) is 0 Å². The number of ether oxygens (including phenoxy) is 2. The van der Waals surface area contributed by atoms with Crippen LogP contribution in [0.4, 0.5) is 11.4 Å². The number of fused-ring (bicyclic) bond motifs is 6. The maximum Gasteiger partial charge on any atom is 1.00 e. The maximum atomic E-state index is 12.8. The molecule has 0 aliphatic carbocycles. The average molecular weight is 626 g/mol. The number of hydrogen-bond donors (Lipinski definition) is 2. The van der Waals surface area contributed by atoms with E-state index in [1.807, 2.05) is 0 Å². The van der Waals surface area contributed by atoms with Gasteiger partial charge in [-0.05, 0) is 37.9 Å². The second kappa shape index (κ2) is 9.63. The largest absolute Gasteiger partial charge is 1.00 e. The molecule has 2 N–H and O–H groups in total. The Kier molecular flexibility index (Phi) is 7.67. The van der Waals surface area contributed by atoms with Gasteiger partial charge in [0.05, 0.1) is 26.5 Å². The predicted molar refractivity (Wildman–Crippen MR) is 117 cm³/mol. The summed E-state index contributed by atoms with van der Waals surface area (Å²) in [6, 6.07) is 8.18. The van der Waals surface area contributed by atoms with E-state index in [1.165, 1.54) is 12.1 Å². The number of aromatic hydroxyl groups is 2. The Morgan fingerprint density at radius 3 is 1.74 bits per heavy atom. The molecular formula is C20H8Br2N2Na2O9+2. The van der Waals surface area contributed by atoms with Gasteiger partial charge in [0.2, 0.25) is 11.5 Å². The second-order valence-electron chi connectivity index (χ2n) is 7.10. The molecule has 166 valence electrons. The molecule has 15 heteroatoms. The zero-order valence-corrected chi connectivity index (χ0v) is 25.0. The number of rotatable bonds is 2. The molecule has 3 aromatic rings. The third kappa shape index (κ3) is 3.80. The number of nitro groups is 2. The smallest absolute Gasteiger partial charge is 0.501 e. The molecule has 0 saturated carbocycles. The van der Waals surface area contributed by atoms with Crippen LogP contribution in [0.5, 0.6) is 23.0 Å². The molecule has 0 radical (unpaired) electrons. The van der Waals surface area contributed by atoms with E-state index in [4.69, 9.17) is 9.47 Å². The van der Waals surface area contributed by atoms with Crippen LogP contribution in [-0.2, 0) is 10.3 Å². The molecule has 2 aliphatic rings. The van der Waals surface area contributed by atoms with Crippen LogP contribution < -0.4 is 63.9 Å². The first kappa shape index (κ1) is 27.9. The van der Waals surface area contributed by atoms with Gasteiger partial charge in [-0.3, -0.25) is 20.2 Å². The van der Waals surface area contributed by atoms with Crippen LogP contribution in [0.15, 0.2) is 45.3 Å². The summed E-state index contributed by atoms with van der Waals surface area (Å²) in [4.78, 5) is 34.4. The van der Waals surface area contributed by atoms with Gasteiger partial charge < -0.3 is 19.7 Å². The molecule has 0 aromatic heterocycles. The Labute approximate surface area is 256 Å². The number of benzene rings is 3. The molecule has 2 aliphatic heterocycles. The second-order valence-corrected chi connectivity index (χ2v) is 8.69. The van der Waals surface area contributed by atoms with Gasteiger partial charge in [0, 0.05) is 17.7 Å². The number of phenolic OH excluding ortho intramolecular Hbond substituents is 2. The first-order chi connectivity index (χ1) is 15.6. The quantitative estimate of drug-likeness (QED) is 0.158. The van der Waals surface area contributed by atoms with Crippen molar-refractivity contribution in [2.75, 3.05) is 0 Å². The van der Waals surface area contributed by atoms with Gasteiger partial charge in [0.15, 0.2) is 17.1 Å². The number of hydrogen-bond acceptors (Lipinski definition) is 9. The summed E-state index contributed by atoms with van der Waals surface area (Å²) < 4.78 is 11.2. The van der Waals surface area contributed by atoms with Gasteiger partial charge in [-0.2, -0.15) is 0 Å². The zero-order valence-electron chi connectivity index (χ0n) is 17.9. The summed E-state index contributed by atoms with van der Waals surface area (Å²) in [6.07, 6.45) is 0. The molecular weight excluding hydrogens is 618 g/mol. The van der Waals surface area contributed by atoms with Crippen molar-refractivity contribution in [2.45, 2.75) is 5.60 Å². The molecule has 5 rings (SSSR count). The van der Waals surface area contributed by atoms with Crippen LogP contribution in [-0.4, -0.2) is 26.0 Å². The number of nitro benzene ring substituents is 2. The molecule has 0 unspecified atom stereocenters. The molecule has 1 spiro atoms. The Morgan fingerprint density at radius 1 is 0.829 bits per heavy atom. The number of halogens is 2. The van der Waals surface area contributed by atoms with Crippen molar-refractivity contribution in [3.05, 3.63) is 87.8 Å². The fourth-order valence-corrected chi connectivity index (χ4v) is 5.08. The average Bonchev–Trinajstić information content (AvgIpc) is 3.07. The normalized spacial score (nSPS) is 13.8. The molecule has 0 bridgehead atoms. The number of phenols is 2. The van der Waals surface area contributed by atoms with Crippen LogP contribution in [0.2, 0.25) is 0 Å². The van der Waals surface area contributed by atoms with E-state index >= 15 is 0 Å². The fraction of sp³-hybridized carbons (Fsp3) is 0.0500. The molecule has 0 atom stereocenters. The number of nitrogens with zero attached hydrogens (tertiary/aromatic N) is 2. The van der Waals surface area contributed by atoms with Crippen molar-refractivity contribution in [3.8, 4) is 23.0 Å². The van der Waals surface area contributed by atoms with Gasteiger partial charge in [-0.1, -0.05) is 18.2 Å². The van der Waals surface area contributed by atoms with Gasteiger partial charge in [0.25, 0.3) is 0 Å². The molecule has 3 aromatic carbocycles. The van der Waals surface area contributed by atoms with Crippen molar-refractivity contribution in [1.82, 2.24) is 0 Å². The first-order valence-corrected chi connectivity index (χ1v) is 10.6. The Bertz CT molecular complexity index is 1390. The van der Waals surface area contributed by atoms with Gasteiger partial charge in [-0.25, -0.2) is 4.79 Å². The Hall–Kier alpha value is -1.71. The van der Waals surface area contributed by atoms with Crippen molar-refractivity contribution < 1.29 is 93.4 Å². The Balaban J connectivity index is 0.00000171. The summed E-state index contributed by atoms with van der Waals surface area (Å²) in [5.74, 6) is -2.52. The summed E-state index contributed by atoms with van der Waals surface area (Å²) in [7, 11) is 0. The molecule has 2 heterocycles. The van der Waals surface area contributed by atoms with Gasteiger partial charge in [0.1, 0.15) is 8.95 Å². The van der Waals surface area contributed by atoms with Gasteiger partial charge in [-0.15, -0.1) is 0 Å². The topological polar surface area (TPSA) is 162 Å². The minimum atomic E-state index is -1.90. The van der Waals surface area contributed by atoms with E-state index in [0.29, 0.717) is 0 Å². The minimum absolute atomic E-state index is 0. The SMILES string of the molecule is O=C1OC2(c3ccccc31)c1cc([N+](=O)[O-])c(O)c(Br)c1Oc1c2cc([N+](=O)[O-])c(O)c1Br.[Na+].[Na+].